The lowest BCUT2D eigenvalue weighted by molar-refractivity contribution is -0.203. The lowest BCUT2D eigenvalue weighted by atomic mass is 9.41. The Hall–Kier alpha value is -0.610. The molecule has 4 aliphatic carbocycles. The van der Waals surface area contributed by atoms with Crippen LogP contribution in [0.15, 0.2) is 0 Å². The molecule has 0 aromatic carbocycles. The first-order chi connectivity index (χ1) is 14.1. The van der Waals surface area contributed by atoms with Crippen LogP contribution >= 0.6 is 0 Å². The van der Waals surface area contributed by atoms with Gasteiger partial charge in [0.1, 0.15) is 0 Å². The Balaban J connectivity index is 1.61. The molecule has 0 aromatic rings. The van der Waals surface area contributed by atoms with E-state index in [1.54, 1.807) is 0 Å². The van der Waals surface area contributed by atoms with Crippen molar-refractivity contribution in [1.29, 1.82) is 0 Å². The summed E-state index contributed by atoms with van der Waals surface area (Å²) in [5, 5.41) is 31.3. The van der Waals surface area contributed by atoms with Crippen molar-refractivity contribution in [1.82, 2.24) is 0 Å². The molecule has 11 atom stereocenters. The third-order valence-corrected chi connectivity index (χ3v) is 11.0. The molecule has 0 spiro atoms. The molecule has 4 aliphatic rings. The van der Waals surface area contributed by atoms with Gasteiger partial charge in [-0.25, -0.2) is 0 Å². The van der Waals surface area contributed by atoms with Gasteiger partial charge in [0, 0.05) is 6.42 Å². The van der Waals surface area contributed by atoms with Crippen LogP contribution in [0.5, 0.6) is 0 Å². The number of carbonyl (C=O) groups is 1. The number of hydrogen-bond acceptors (Lipinski definition) is 3. The van der Waals surface area contributed by atoms with Crippen LogP contribution in [-0.2, 0) is 4.79 Å². The van der Waals surface area contributed by atoms with Crippen LogP contribution in [0.4, 0.5) is 0 Å². The smallest absolute Gasteiger partial charge is 0.303 e. The highest BCUT2D eigenvalue weighted by atomic mass is 16.4. The fraction of sp³-hybridized carbons (Fsp3) is 0.962. The van der Waals surface area contributed by atoms with E-state index < -0.39 is 5.97 Å². The van der Waals surface area contributed by atoms with Gasteiger partial charge in [0.15, 0.2) is 0 Å². The van der Waals surface area contributed by atoms with E-state index in [1.165, 1.54) is 25.7 Å². The van der Waals surface area contributed by atoms with Gasteiger partial charge in [-0.05, 0) is 104 Å². The number of carboxylic acid groups (broad SMARTS) is 1. The highest BCUT2D eigenvalue weighted by molar-refractivity contribution is 5.66. The minimum Gasteiger partial charge on any atom is -0.481 e. The van der Waals surface area contributed by atoms with E-state index in [9.17, 15) is 15.0 Å². The van der Waals surface area contributed by atoms with Crippen LogP contribution in [-0.4, -0.2) is 33.5 Å². The standard InChI is InChI=1S/C26H44O4/c1-5-17-21-14-16(27)10-12-26(21,4)20-11-13-25(3)18(15(2)6-9-22(28)29)7-8-19(25)23(20)24(17)30/h15-21,23-24,27,30H,5-14H2,1-4H3,(H,28,29)/t15-,16-,17-,18-,19-,20+,21+,23+,24-,25-,26-/m1/s1. The zero-order valence-electron chi connectivity index (χ0n) is 19.5. The molecule has 0 unspecified atom stereocenters. The second-order valence-electron chi connectivity index (χ2n) is 12.0. The van der Waals surface area contributed by atoms with Gasteiger partial charge in [-0.1, -0.05) is 34.1 Å². The third-order valence-electron chi connectivity index (χ3n) is 11.0. The van der Waals surface area contributed by atoms with Gasteiger partial charge in [0.25, 0.3) is 0 Å². The molecule has 4 nitrogen and oxygen atoms in total. The van der Waals surface area contributed by atoms with E-state index >= 15 is 0 Å². The number of aliphatic hydroxyl groups excluding tert-OH is 2. The Bertz CT molecular complexity index is 649. The average molecular weight is 421 g/mol. The number of fused-ring (bicyclic) bond motifs is 5. The maximum Gasteiger partial charge on any atom is 0.303 e. The van der Waals surface area contributed by atoms with Crippen LogP contribution < -0.4 is 0 Å². The second kappa shape index (κ2) is 8.06. The predicted molar refractivity (Wildman–Crippen MR) is 118 cm³/mol. The summed E-state index contributed by atoms with van der Waals surface area (Å²) in [7, 11) is 0. The maximum absolute atomic E-state index is 11.7. The highest BCUT2D eigenvalue weighted by Gasteiger charge is 2.64. The van der Waals surface area contributed by atoms with Crippen molar-refractivity contribution >= 4 is 5.97 Å². The lowest BCUT2D eigenvalue weighted by Crippen LogP contribution is -2.62. The Morgan fingerprint density at radius 1 is 1.00 bits per heavy atom. The number of carboxylic acids is 1. The van der Waals surface area contributed by atoms with Crippen LogP contribution in [0.25, 0.3) is 0 Å². The summed E-state index contributed by atoms with van der Waals surface area (Å²) in [6.07, 6.45) is 9.27. The van der Waals surface area contributed by atoms with Gasteiger partial charge in [0.05, 0.1) is 12.2 Å². The van der Waals surface area contributed by atoms with Gasteiger partial charge >= 0.3 is 5.97 Å². The van der Waals surface area contributed by atoms with Gasteiger partial charge in [-0.3, -0.25) is 4.79 Å². The maximum atomic E-state index is 11.7. The average Bonchev–Trinajstić information content (AvgIpc) is 3.05. The van der Waals surface area contributed by atoms with Crippen molar-refractivity contribution in [2.24, 2.45) is 52.3 Å². The fourth-order valence-corrected chi connectivity index (χ4v) is 9.48. The summed E-state index contributed by atoms with van der Waals surface area (Å²) in [4.78, 5) is 11.1. The highest BCUT2D eigenvalue weighted by Crippen LogP contribution is 2.69. The predicted octanol–water partition coefficient (Wildman–Crippen LogP) is 5.11. The van der Waals surface area contributed by atoms with Crippen molar-refractivity contribution in [3.63, 3.8) is 0 Å². The van der Waals surface area contributed by atoms with E-state index in [1.807, 2.05) is 0 Å². The van der Waals surface area contributed by atoms with Crippen LogP contribution in [0.1, 0.15) is 91.9 Å². The third kappa shape index (κ3) is 3.36. The molecule has 30 heavy (non-hydrogen) atoms. The van der Waals surface area contributed by atoms with Crippen molar-refractivity contribution < 1.29 is 20.1 Å². The summed E-state index contributed by atoms with van der Waals surface area (Å²) in [6, 6.07) is 0. The van der Waals surface area contributed by atoms with Gasteiger partial charge < -0.3 is 15.3 Å². The summed E-state index contributed by atoms with van der Waals surface area (Å²) >= 11 is 0. The molecule has 4 rings (SSSR count). The lowest BCUT2D eigenvalue weighted by Gasteiger charge is -2.64. The minimum absolute atomic E-state index is 0.194. The van der Waals surface area contributed by atoms with Crippen molar-refractivity contribution in [3.8, 4) is 0 Å². The topological polar surface area (TPSA) is 77.8 Å². The summed E-state index contributed by atoms with van der Waals surface area (Å²) in [5.74, 6) is 2.58. The summed E-state index contributed by atoms with van der Waals surface area (Å²) in [6.45, 7) is 9.44. The number of hydrogen-bond donors (Lipinski definition) is 3. The van der Waals surface area contributed by atoms with Crippen molar-refractivity contribution in [2.45, 2.75) is 104 Å². The molecule has 0 heterocycles. The number of aliphatic hydroxyl groups is 2. The molecule has 3 N–H and O–H groups in total. The van der Waals surface area contributed by atoms with Crippen LogP contribution in [0, 0.1) is 52.3 Å². The normalized spacial score (nSPS) is 51.5. The van der Waals surface area contributed by atoms with Gasteiger partial charge in [-0.2, -0.15) is 0 Å². The molecule has 0 aliphatic heterocycles. The molecule has 0 radical (unpaired) electrons. The van der Waals surface area contributed by atoms with Crippen LogP contribution in [0.3, 0.4) is 0 Å². The van der Waals surface area contributed by atoms with E-state index in [4.69, 9.17) is 5.11 Å². The monoisotopic (exact) mass is 420 g/mol. The molecule has 4 heteroatoms. The largest absolute Gasteiger partial charge is 0.481 e. The molecule has 0 saturated heterocycles. The van der Waals surface area contributed by atoms with Crippen molar-refractivity contribution in [3.05, 3.63) is 0 Å². The number of aliphatic carboxylic acids is 1. The zero-order chi connectivity index (χ0) is 21.8. The first kappa shape index (κ1) is 22.6. The number of rotatable bonds is 5. The Kier molecular flexibility index (Phi) is 6.07. The molecular weight excluding hydrogens is 376 g/mol. The van der Waals surface area contributed by atoms with Gasteiger partial charge in [0.2, 0.25) is 0 Å². The molecule has 0 amide bonds. The molecule has 0 aromatic heterocycles. The quantitative estimate of drug-likeness (QED) is 0.577. The zero-order valence-corrected chi connectivity index (χ0v) is 19.5. The summed E-state index contributed by atoms with van der Waals surface area (Å²) < 4.78 is 0. The van der Waals surface area contributed by atoms with Crippen LogP contribution in [0.2, 0.25) is 0 Å². The second-order valence-corrected chi connectivity index (χ2v) is 12.0. The molecule has 0 bridgehead atoms. The molecule has 4 saturated carbocycles. The summed E-state index contributed by atoms with van der Waals surface area (Å²) in [5.41, 5.74) is 0.480. The van der Waals surface area contributed by atoms with E-state index in [2.05, 4.69) is 27.7 Å². The Morgan fingerprint density at radius 3 is 2.33 bits per heavy atom. The van der Waals surface area contributed by atoms with Gasteiger partial charge in [-0.15, -0.1) is 0 Å². The molecule has 172 valence electrons. The van der Waals surface area contributed by atoms with E-state index in [0.29, 0.717) is 41.4 Å². The first-order valence-corrected chi connectivity index (χ1v) is 12.7. The Labute approximate surface area is 182 Å². The molecule has 4 fully saturated rings. The fourth-order valence-electron chi connectivity index (χ4n) is 9.48. The van der Waals surface area contributed by atoms with E-state index in [0.717, 1.165) is 32.1 Å². The SMILES string of the molecule is CC[C@H]1[C@@H](O)[C@H]2[C@H]3CC[C@H]([C@H](C)CCC(=O)O)[C@@]3(C)CC[C@@H]2[C@@]2(C)CC[C@@H](O)C[C@@H]12. The Morgan fingerprint density at radius 2 is 1.67 bits per heavy atom. The van der Waals surface area contributed by atoms with Crippen molar-refractivity contribution in [2.75, 3.05) is 0 Å². The van der Waals surface area contributed by atoms with E-state index in [-0.39, 0.29) is 29.5 Å². The first-order valence-electron chi connectivity index (χ1n) is 12.7. The molecular formula is C26H44O4. The minimum atomic E-state index is -0.683.